The molecule has 4 rings (SSSR count). The second-order valence-electron chi connectivity index (χ2n) is 9.93. The van der Waals surface area contributed by atoms with Gasteiger partial charge in [0.15, 0.2) is 14.8 Å². The number of carbonyl (C=O) groups is 1. The molecule has 0 aromatic heterocycles. The minimum atomic E-state index is -3.79. The number of methoxy groups -OCH3 is 1. The van der Waals surface area contributed by atoms with Crippen LogP contribution in [0.4, 0.5) is 0 Å². The summed E-state index contributed by atoms with van der Waals surface area (Å²) in [5.41, 5.74) is 10.8. The molecule has 204 valence electrons. The van der Waals surface area contributed by atoms with E-state index in [1.165, 1.54) is 16.0 Å². The standard InChI is InChI=1S/C22H37N3O5S.C6H4/c1-6-17-8-9-18(14-20(17)30-13-7-12-29-4)21(26)25(16(2)3)22(23,31(5,27)28)19-10-11-24-15-19;1-2-6-4-3-5(1)6/h8-9,14,16,19,24H,6-7,10-13,15,23H2,1-5H3;1-4H/t19-,22?;/m0./s1. The average Bonchev–Trinajstić information content (AvgIpc) is 3.39. The van der Waals surface area contributed by atoms with E-state index in [0.717, 1.165) is 24.7 Å². The van der Waals surface area contributed by atoms with Gasteiger partial charge < -0.3 is 19.7 Å². The van der Waals surface area contributed by atoms with Crippen LogP contribution >= 0.6 is 0 Å². The van der Waals surface area contributed by atoms with E-state index < -0.39 is 32.7 Å². The number of hydrogen-bond acceptors (Lipinski definition) is 7. The Hall–Kier alpha value is -2.46. The van der Waals surface area contributed by atoms with Gasteiger partial charge in [0.25, 0.3) is 5.91 Å². The molecule has 1 fully saturated rings. The molecular weight excluding hydrogens is 490 g/mol. The highest BCUT2D eigenvalue weighted by atomic mass is 32.2. The van der Waals surface area contributed by atoms with E-state index in [-0.39, 0.29) is 0 Å². The molecule has 1 unspecified atom stereocenters. The number of fused-ring (bicyclic) bond motifs is 1. The molecule has 2 atom stereocenters. The fourth-order valence-electron chi connectivity index (χ4n) is 4.78. The lowest BCUT2D eigenvalue weighted by Gasteiger charge is -2.45. The van der Waals surface area contributed by atoms with Crippen LogP contribution in [-0.4, -0.2) is 69.9 Å². The van der Waals surface area contributed by atoms with Crippen molar-refractivity contribution in [2.45, 2.75) is 51.1 Å². The number of hydrogen-bond donors (Lipinski definition) is 2. The molecule has 0 saturated carbocycles. The number of amides is 1. The van der Waals surface area contributed by atoms with Gasteiger partial charge in [0.1, 0.15) is 5.75 Å². The van der Waals surface area contributed by atoms with Crippen LogP contribution in [0.3, 0.4) is 0 Å². The molecule has 3 N–H and O–H groups in total. The molecule has 0 radical (unpaired) electrons. The van der Waals surface area contributed by atoms with Gasteiger partial charge in [-0.2, -0.15) is 0 Å². The summed E-state index contributed by atoms with van der Waals surface area (Å²) in [4.78, 5) is 13.2. The number of benzene rings is 2. The first kappa shape index (κ1) is 29.1. The quantitative estimate of drug-likeness (QED) is 0.288. The van der Waals surface area contributed by atoms with Crippen LogP contribution in [0.2, 0.25) is 0 Å². The van der Waals surface area contributed by atoms with Crippen molar-refractivity contribution in [2.24, 2.45) is 11.7 Å². The molecule has 8 nitrogen and oxygen atoms in total. The molecule has 9 heteroatoms. The molecule has 1 amide bonds. The molecule has 1 aromatic carbocycles. The monoisotopic (exact) mass is 531 g/mol. The lowest BCUT2D eigenvalue weighted by Crippen LogP contribution is -2.69. The number of nitrogens with zero attached hydrogens (tertiary/aromatic N) is 1. The molecule has 1 aromatic rings. The van der Waals surface area contributed by atoms with E-state index in [0.29, 0.717) is 44.0 Å². The summed E-state index contributed by atoms with van der Waals surface area (Å²) in [6.07, 6.45) is 3.17. The lowest BCUT2D eigenvalue weighted by molar-refractivity contribution is 0.0440. The Labute approximate surface area is 221 Å². The molecular formula is C28H41N3O5S. The fourth-order valence-corrected chi connectivity index (χ4v) is 6.24. The fraction of sp³-hybridized carbons (Fsp3) is 0.536. The smallest absolute Gasteiger partial charge is 0.256 e. The predicted octanol–water partition coefficient (Wildman–Crippen LogP) is 3.45. The van der Waals surface area contributed by atoms with Crippen LogP contribution in [0.1, 0.15) is 49.5 Å². The molecule has 0 bridgehead atoms. The first-order valence-electron chi connectivity index (χ1n) is 12.9. The minimum absolute atomic E-state index is 0.358. The first-order chi connectivity index (χ1) is 17.5. The Morgan fingerprint density at radius 1 is 1.16 bits per heavy atom. The lowest BCUT2D eigenvalue weighted by atomic mass is 9.95. The molecule has 2 aliphatic carbocycles. The molecule has 1 aliphatic heterocycles. The summed E-state index contributed by atoms with van der Waals surface area (Å²) in [5, 5.41) is 3.17. The number of rotatable bonds is 11. The molecule has 1 saturated heterocycles. The van der Waals surface area contributed by atoms with Crippen molar-refractivity contribution >= 4 is 15.7 Å². The topological polar surface area (TPSA) is 111 Å². The van der Waals surface area contributed by atoms with Gasteiger partial charge in [0, 0.05) is 50.5 Å². The maximum Gasteiger partial charge on any atom is 0.256 e. The zero-order valence-corrected chi connectivity index (χ0v) is 23.4. The van der Waals surface area contributed by atoms with E-state index in [4.69, 9.17) is 15.2 Å². The molecule has 1 heterocycles. The summed E-state index contributed by atoms with van der Waals surface area (Å²) >= 11 is 0. The van der Waals surface area contributed by atoms with Crippen molar-refractivity contribution in [3.05, 3.63) is 53.6 Å². The van der Waals surface area contributed by atoms with Crippen molar-refractivity contribution in [1.29, 1.82) is 0 Å². The SMILES string of the molecule is CCc1ccc(C(=O)N(C(C)C)C(N)([C@H]2CCNC2)S(C)(=O)=O)cc1OCCCOC.c1cc2ccc1-2. The summed E-state index contributed by atoms with van der Waals surface area (Å²) < 4.78 is 36.8. The number of nitrogens with one attached hydrogen (secondary N) is 1. The first-order valence-corrected chi connectivity index (χ1v) is 14.8. The van der Waals surface area contributed by atoms with Gasteiger partial charge in [-0.3, -0.25) is 10.5 Å². The number of aryl methyl sites for hydroxylation is 1. The highest BCUT2D eigenvalue weighted by Crippen LogP contribution is 2.34. The average molecular weight is 532 g/mol. The molecule has 3 aliphatic rings. The Kier molecular flexibility index (Phi) is 9.74. The second-order valence-corrected chi connectivity index (χ2v) is 12.1. The molecule has 37 heavy (non-hydrogen) atoms. The summed E-state index contributed by atoms with van der Waals surface area (Å²) in [5.74, 6) is -0.189. The van der Waals surface area contributed by atoms with Crippen LogP contribution in [0, 0.1) is 5.92 Å². The Morgan fingerprint density at radius 3 is 2.24 bits per heavy atom. The van der Waals surface area contributed by atoms with Gasteiger partial charge in [-0.05, 0) is 62.1 Å². The van der Waals surface area contributed by atoms with Crippen LogP contribution < -0.4 is 15.8 Å². The van der Waals surface area contributed by atoms with E-state index >= 15 is 0 Å². The second kappa shape index (κ2) is 12.4. The Bertz CT molecular complexity index is 1140. The van der Waals surface area contributed by atoms with Gasteiger partial charge in [-0.15, -0.1) is 0 Å². The van der Waals surface area contributed by atoms with Crippen molar-refractivity contribution in [3.63, 3.8) is 0 Å². The number of nitrogens with two attached hydrogens (primary N) is 1. The maximum atomic E-state index is 13.7. The third-order valence-corrected chi connectivity index (χ3v) is 8.73. The zero-order chi connectivity index (χ0) is 27.2. The summed E-state index contributed by atoms with van der Waals surface area (Å²) in [7, 11) is -2.15. The van der Waals surface area contributed by atoms with Gasteiger partial charge >= 0.3 is 0 Å². The van der Waals surface area contributed by atoms with Crippen LogP contribution in [0.15, 0.2) is 42.5 Å². The number of carbonyl (C=O) groups excluding carboxylic acids is 1. The van der Waals surface area contributed by atoms with Crippen molar-refractivity contribution in [1.82, 2.24) is 10.2 Å². The van der Waals surface area contributed by atoms with Crippen LogP contribution in [-0.2, 0) is 21.0 Å². The van der Waals surface area contributed by atoms with Crippen molar-refractivity contribution in [3.8, 4) is 16.9 Å². The van der Waals surface area contributed by atoms with Crippen LogP contribution in [0.5, 0.6) is 5.75 Å². The normalized spacial score (nSPS) is 17.5. The highest BCUT2D eigenvalue weighted by molar-refractivity contribution is 7.92. The van der Waals surface area contributed by atoms with E-state index in [9.17, 15) is 13.2 Å². The minimum Gasteiger partial charge on any atom is -0.493 e. The third kappa shape index (κ3) is 6.34. The van der Waals surface area contributed by atoms with Gasteiger partial charge in [-0.1, -0.05) is 37.3 Å². The Morgan fingerprint density at radius 2 is 1.81 bits per heavy atom. The third-order valence-electron chi connectivity index (χ3n) is 7.01. The van der Waals surface area contributed by atoms with Gasteiger partial charge in [0.05, 0.1) is 6.61 Å². The summed E-state index contributed by atoms with van der Waals surface area (Å²) in [6, 6.07) is 13.3. The largest absolute Gasteiger partial charge is 0.493 e. The Balaban J connectivity index is 0.000000542. The predicted molar refractivity (Wildman–Crippen MR) is 147 cm³/mol. The van der Waals surface area contributed by atoms with E-state index in [2.05, 4.69) is 29.6 Å². The highest BCUT2D eigenvalue weighted by Gasteiger charge is 2.53. The zero-order valence-electron chi connectivity index (χ0n) is 22.6. The van der Waals surface area contributed by atoms with Gasteiger partial charge in [-0.25, -0.2) is 8.42 Å². The van der Waals surface area contributed by atoms with E-state index in [1.54, 1.807) is 33.1 Å². The van der Waals surface area contributed by atoms with Crippen molar-refractivity contribution < 1.29 is 22.7 Å². The molecule has 0 spiro atoms. The van der Waals surface area contributed by atoms with Crippen molar-refractivity contribution in [2.75, 3.05) is 39.7 Å². The van der Waals surface area contributed by atoms with Crippen LogP contribution in [0.25, 0.3) is 11.1 Å². The van der Waals surface area contributed by atoms with E-state index in [1.807, 2.05) is 13.0 Å². The summed E-state index contributed by atoms with van der Waals surface area (Å²) in [6.45, 7) is 7.75. The number of sulfone groups is 1. The number of ether oxygens (including phenoxy) is 2. The maximum absolute atomic E-state index is 13.7. The van der Waals surface area contributed by atoms with Gasteiger partial charge in [0.2, 0.25) is 0 Å².